The van der Waals surface area contributed by atoms with Crippen molar-refractivity contribution in [3.8, 4) is 0 Å². The maximum absolute atomic E-state index is 11.0. The molecule has 4 heteroatoms. The second kappa shape index (κ2) is 5.51. The Hall–Kier alpha value is -0.350. The van der Waals surface area contributed by atoms with Gasteiger partial charge >= 0.3 is 0 Å². The molecule has 0 radical (unpaired) electrons. The first kappa shape index (κ1) is 11.7. The third-order valence-corrected chi connectivity index (χ3v) is 2.86. The normalized spacial score (nSPS) is 15.0. The SMILES string of the molecule is CCCCOC(=S)C1=C(C(=O)S)CC1. The maximum atomic E-state index is 11.0. The number of hydrogen-bond acceptors (Lipinski definition) is 3. The lowest BCUT2D eigenvalue weighted by Gasteiger charge is -2.21. The van der Waals surface area contributed by atoms with Crippen LogP contribution in [0.5, 0.6) is 0 Å². The lowest BCUT2D eigenvalue weighted by Crippen LogP contribution is -2.18. The molecule has 0 aromatic rings. The molecule has 0 N–H and O–H groups in total. The van der Waals surface area contributed by atoms with Gasteiger partial charge in [0.15, 0.2) is 5.05 Å². The first-order chi connectivity index (χ1) is 6.66. The zero-order valence-corrected chi connectivity index (χ0v) is 9.92. The van der Waals surface area contributed by atoms with Gasteiger partial charge in [-0.05, 0) is 31.5 Å². The van der Waals surface area contributed by atoms with Crippen molar-refractivity contribution in [1.29, 1.82) is 0 Å². The summed E-state index contributed by atoms with van der Waals surface area (Å²) < 4.78 is 5.35. The van der Waals surface area contributed by atoms with Crippen LogP contribution in [0, 0.1) is 0 Å². The van der Waals surface area contributed by atoms with Gasteiger partial charge in [-0.2, -0.15) is 0 Å². The van der Waals surface area contributed by atoms with Gasteiger partial charge in [0.2, 0.25) is 5.12 Å². The Morgan fingerprint density at radius 1 is 1.50 bits per heavy atom. The summed E-state index contributed by atoms with van der Waals surface area (Å²) in [6, 6.07) is 0. The summed E-state index contributed by atoms with van der Waals surface area (Å²) in [7, 11) is 0. The fraction of sp³-hybridized carbons (Fsp3) is 0.600. The molecule has 0 spiro atoms. The average Bonchev–Trinajstić information content (AvgIpc) is 2.01. The molecule has 0 aromatic carbocycles. The van der Waals surface area contributed by atoms with E-state index >= 15 is 0 Å². The Balaban J connectivity index is 2.46. The van der Waals surface area contributed by atoms with Gasteiger partial charge in [0, 0.05) is 11.1 Å². The van der Waals surface area contributed by atoms with E-state index in [1.807, 2.05) is 0 Å². The van der Waals surface area contributed by atoms with Gasteiger partial charge in [-0.25, -0.2) is 0 Å². The zero-order chi connectivity index (χ0) is 10.6. The Kier molecular flexibility index (Phi) is 4.62. The first-order valence-corrected chi connectivity index (χ1v) is 5.64. The lowest BCUT2D eigenvalue weighted by molar-refractivity contribution is -0.108. The molecule has 1 aliphatic carbocycles. The Morgan fingerprint density at radius 3 is 2.57 bits per heavy atom. The molecular weight excluding hydrogens is 216 g/mol. The number of carbonyl (C=O) groups is 1. The minimum absolute atomic E-state index is 0.173. The number of thiol groups is 1. The van der Waals surface area contributed by atoms with Gasteiger partial charge in [-0.1, -0.05) is 13.3 Å². The van der Waals surface area contributed by atoms with Crippen LogP contribution in [0.1, 0.15) is 32.6 Å². The highest BCUT2D eigenvalue weighted by Crippen LogP contribution is 2.31. The molecule has 0 aromatic heterocycles. The van der Waals surface area contributed by atoms with Crippen molar-refractivity contribution in [2.75, 3.05) is 6.61 Å². The minimum atomic E-state index is -0.173. The molecule has 0 aliphatic heterocycles. The van der Waals surface area contributed by atoms with E-state index in [1.54, 1.807) is 0 Å². The Morgan fingerprint density at radius 2 is 2.14 bits per heavy atom. The molecule has 0 atom stereocenters. The monoisotopic (exact) mass is 230 g/mol. The molecule has 0 saturated carbocycles. The summed E-state index contributed by atoms with van der Waals surface area (Å²) in [5, 5.41) is 0.315. The zero-order valence-electron chi connectivity index (χ0n) is 8.21. The lowest BCUT2D eigenvalue weighted by atomic mass is 9.90. The summed E-state index contributed by atoms with van der Waals surface area (Å²) in [5.41, 5.74) is 1.62. The van der Waals surface area contributed by atoms with Crippen LogP contribution in [-0.4, -0.2) is 16.8 Å². The van der Waals surface area contributed by atoms with Crippen LogP contribution in [0.3, 0.4) is 0 Å². The van der Waals surface area contributed by atoms with Crippen molar-refractivity contribution < 1.29 is 9.53 Å². The van der Waals surface area contributed by atoms with Crippen molar-refractivity contribution in [2.24, 2.45) is 0 Å². The van der Waals surface area contributed by atoms with Gasteiger partial charge in [0.1, 0.15) is 0 Å². The third kappa shape index (κ3) is 2.82. The van der Waals surface area contributed by atoms with Crippen LogP contribution in [-0.2, 0) is 9.53 Å². The average molecular weight is 230 g/mol. The van der Waals surface area contributed by atoms with Gasteiger partial charge in [0.25, 0.3) is 0 Å². The molecule has 0 unspecified atom stereocenters. The van der Waals surface area contributed by atoms with E-state index in [0.717, 1.165) is 36.8 Å². The van der Waals surface area contributed by atoms with Crippen molar-refractivity contribution in [1.82, 2.24) is 0 Å². The maximum Gasteiger partial charge on any atom is 0.212 e. The summed E-state index contributed by atoms with van der Waals surface area (Å²) in [5.74, 6) is 0. The van der Waals surface area contributed by atoms with E-state index in [0.29, 0.717) is 11.7 Å². The van der Waals surface area contributed by atoms with Gasteiger partial charge in [-0.15, -0.1) is 12.6 Å². The van der Waals surface area contributed by atoms with Crippen LogP contribution < -0.4 is 0 Å². The second-order valence-electron chi connectivity index (χ2n) is 3.25. The largest absolute Gasteiger partial charge is 0.483 e. The fourth-order valence-corrected chi connectivity index (χ4v) is 1.79. The van der Waals surface area contributed by atoms with E-state index in [4.69, 9.17) is 17.0 Å². The molecule has 78 valence electrons. The number of ether oxygens (including phenoxy) is 1. The van der Waals surface area contributed by atoms with Crippen molar-refractivity contribution in [2.45, 2.75) is 32.6 Å². The van der Waals surface area contributed by atoms with Crippen molar-refractivity contribution >= 4 is 35.0 Å². The number of carbonyl (C=O) groups excluding carboxylic acids is 1. The van der Waals surface area contributed by atoms with E-state index in [1.165, 1.54) is 0 Å². The molecule has 14 heavy (non-hydrogen) atoms. The molecular formula is C10H14O2S2. The van der Waals surface area contributed by atoms with Gasteiger partial charge < -0.3 is 4.74 Å². The topological polar surface area (TPSA) is 26.3 Å². The summed E-state index contributed by atoms with van der Waals surface area (Å²) in [6.07, 6.45) is 3.72. The number of rotatable bonds is 5. The standard InChI is InChI=1S/C10H14O2S2/c1-2-3-6-12-10(14)8-5-4-7(8)9(11)13/h2-6H2,1H3,(H,11,13). The smallest absolute Gasteiger partial charge is 0.212 e. The molecule has 0 heterocycles. The van der Waals surface area contributed by atoms with E-state index in [-0.39, 0.29) is 5.12 Å². The van der Waals surface area contributed by atoms with E-state index in [2.05, 4.69) is 19.6 Å². The summed E-state index contributed by atoms with van der Waals surface area (Å²) in [4.78, 5) is 11.0. The van der Waals surface area contributed by atoms with E-state index in [9.17, 15) is 4.79 Å². The van der Waals surface area contributed by atoms with Crippen molar-refractivity contribution in [3.05, 3.63) is 11.1 Å². The molecule has 0 fully saturated rings. The molecule has 1 rings (SSSR count). The number of hydrogen-bond donors (Lipinski definition) is 1. The molecule has 0 amide bonds. The van der Waals surface area contributed by atoms with Gasteiger partial charge in [0.05, 0.1) is 6.61 Å². The summed E-state index contributed by atoms with van der Waals surface area (Å²) >= 11 is 8.85. The third-order valence-electron chi connectivity index (χ3n) is 2.22. The highest BCUT2D eigenvalue weighted by molar-refractivity contribution is 7.97. The Labute approximate surface area is 95.1 Å². The number of thiocarbonyl (C=S) groups is 1. The van der Waals surface area contributed by atoms with E-state index < -0.39 is 0 Å². The highest BCUT2D eigenvalue weighted by Gasteiger charge is 2.25. The molecule has 2 nitrogen and oxygen atoms in total. The fourth-order valence-electron chi connectivity index (χ4n) is 1.23. The minimum Gasteiger partial charge on any atom is -0.483 e. The van der Waals surface area contributed by atoms with Crippen molar-refractivity contribution in [3.63, 3.8) is 0 Å². The highest BCUT2D eigenvalue weighted by atomic mass is 32.1. The molecule has 0 saturated heterocycles. The first-order valence-electron chi connectivity index (χ1n) is 4.79. The van der Waals surface area contributed by atoms with Crippen LogP contribution in [0.2, 0.25) is 0 Å². The second-order valence-corrected chi connectivity index (χ2v) is 4.03. The van der Waals surface area contributed by atoms with Crippen LogP contribution in [0.15, 0.2) is 11.1 Å². The quantitative estimate of drug-likeness (QED) is 0.447. The van der Waals surface area contributed by atoms with Crippen LogP contribution >= 0.6 is 24.8 Å². The molecule has 0 bridgehead atoms. The molecule has 1 aliphatic rings. The predicted molar refractivity (Wildman–Crippen MR) is 63.7 cm³/mol. The summed E-state index contributed by atoms with van der Waals surface area (Å²) in [6.45, 7) is 2.74. The van der Waals surface area contributed by atoms with Crippen LogP contribution in [0.4, 0.5) is 0 Å². The Bertz CT molecular complexity index is 282. The number of unbranched alkanes of at least 4 members (excludes halogenated alkanes) is 1. The van der Waals surface area contributed by atoms with Crippen LogP contribution in [0.25, 0.3) is 0 Å². The predicted octanol–water partition coefficient (Wildman–Crippen LogP) is 2.68. The van der Waals surface area contributed by atoms with Gasteiger partial charge in [-0.3, -0.25) is 4.79 Å².